The fraction of sp³-hybridized carbons (Fsp3) is 0.357. The van der Waals surface area contributed by atoms with Gasteiger partial charge >= 0.3 is 0 Å². The van der Waals surface area contributed by atoms with Gasteiger partial charge in [-0.3, -0.25) is 9.78 Å². The summed E-state index contributed by atoms with van der Waals surface area (Å²) in [5.41, 5.74) is 3.31. The number of rotatable bonds is 2. The van der Waals surface area contributed by atoms with E-state index in [9.17, 15) is 4.79 Å². The predicted molar refractivity (Wildman–Crippen MR) is 72.0 cm³/mol. The number of ketones is 1. The Bertz CT molecular complexity index is 604. The van der Waals surface area contributed by atoms with Crippen LogP contribution in [-0.2, 0) is 12.8 Å². The van der Waals surface area contributed by atoms with Crippen molar-refractivity contribution in [2.75, 3.05) is 0 Å². The highest BCUT2D eigenvalue weighted by molar-refractivity contribution is 7.17. The van der Waals surface area contributed by atoms with Gasteiger partial charge in [0.05, 0.1) is 10.6 Å². The molecule has 0 saturated heterocycles. The van der Waals surface area contributed by atoms with E-state index in [0.29, 0.717) is 6.42 Å². The first kappa shape index (κ1) is 11.5. The molecule has 0 atom stereocenters. The Morgan fingerprint density at radius 1 is 1.39 bits per heavy atom. The summed E-state index contributed by atoms with van der Waals surface area (Å²) in [4.78, 5) is 21.5. The molecule has 0 fully saturated rings. The lowest BCUT2D eigenvalue weighted by molar-refractivity contribution is 0.0976. The van der Waals surface area contributed by atoms with Crippen LogP contribution in [0.4, 0.5) is 0 Å². The van der Waals surface area contributed by atoms with E-state index in [4.69, 9.17) is 0 Å². The third kappa shape index (κ3) is 1.86. The maximum atomic E-state index is 11.8. The van der Waals surface area contributed by atoms with Crippen molar-refractivity contribution < 1.29 is 4.79 Å². The van der Waals surface area contributed by atoms with Gasteiger partial charge < -0.3 is 0 Å². The monoisotopic (exact) mass is 258 g/mol. The second-order valence-electron chi connectivity index (χ2n) is 4.46. The molecule has 2 aromatic rings. The van der Waals surface area contributed by atoms with Crippen LogP contribution in [0.2, 0.25) is 0 Å². The van der Waals surface area contributed by atoms with Crippen molar-refractivity contribution >= 4 is 17.1 Å². The lowest BCUT2D eigenvalue weighted by atomic mass is 10.0. The summed E-state index contributed by atoms with van der Waals surface area (Å²) in [5, 5.41) is 0.967. The van der Waals surface area contributed by atoms with Crippen LogP contribution in [0.3, 0.4) is 0 Å². The van der Waals surface area contributed by atoms with Gasteiger partial charge in [-0.15, -0.1) is 11.3 Å². The molecule has 0 aliphatic heterocycles. The number of aryl methyl sites for hydroxylation is 2. The standard InChI is InChI=1S/C14H14N2OS/c1-2-9-8-15-7-6-10(9)14-16-11-4-3-5-12(17)13(11)18-14/h6-8H,2-5H2,1H3. The van der Waals surface area contributed by atoms with Gasteiger partial charge in [-0.25, -0.2) is 4.98 Å². The number of fused-ring (bicyclic) bond motifs is 1. The van der Waals surface area contributed by atoms with Crippen LogP contribution in [0.25, 0.3) is 10.6 Å². The first-order valence-corrected chi connectivity index (χ1v) is 7.07. The Balaban J connectivity index is 2.10. The number of hydrogen-bond acceptors (Lipinski definition) is 4. The van der Waals surface area contributed by atoms with Crippen molar-refractivity contribution in [3.63, 3.8) is 0 Å². The number of aromatic nitrogens is 2. The Kier molecular flexibility index (Phi) is 2.96. The minimum atomic E-state index is 0.257. The van der Waals surface area contributed by atoms with E-state index < -0.39 is 0 Å². The van der Waals surface area contributed by atoms with Crippen LogP contribution in [0.1, 0.15) is 40.7 Å². The third-order valence-electron chi connectivity index (χ3n) is 3.28. The largest absolute Gasteiger partial charge is 0.293 e. The summed E-state index contributed by atoms with van der Waals surface area (Å²) in [5.74, 6) is 0.257. The molecule has 0 radical (unpaired) electrons. The van der Waals surface area contributed by atoms with Crippen LogP contribution >= 0.6 is 11.3 Å². The van der Waals surface area contributed by atoms with Crippen LogP contribution in [-0.4, -0.2) is 15.8 Å². The molecule has 4 heteroatoms. The highest BCUT2D eigenvalue weighted by Crippen LogP contribution is 2.33. The van der Waals surface area contributed by atoms with Gasteiger partial charge in [0.25, 0.3) is 0 Å². The molecule has 0 spiro atoms. The number of carbonyl (C=O) groups is 1. The van der Waals surface area contributed by atoms with E-state index >= 15 is 0 Å². The van der Waals surface area contributed by atoms with E-state index in [-0.39, 0.29) is 5.78 Å². The number of Topliss-reactive ketones (excluding diaryl/α,β-unsaturated/α-hetero) is 1. The van der Waals surface area contributed by atoms with Gasteiger partial charge in [-0.1, -0.05) is 6.92 Å². The van der Waals surface area contributed by atoms with Gasteiger partial charge in [0.15, 0.2) is 5.78 Å². The van der Waals surface area contributed by atoms with Crippen molar-refractivity contribution in [2.45, 2.75) is 32.6 Å². The fourth-order valence-corrected chi connectivity index (χ4v) is 3.44. The molecule has 0 aromatic carbocycles. The van der Waals surface area contributed by atoms with Gasteiger partial charge in [-0.05, 0) is 30.9 Å². The quantitative estimate of drug-likeness (QED) is 0.830. The molecule has 2 heterocycles. The molecule has 1 aliphatic carbocycles. The predicted octanol–water partition coefficient (Wildman–Crippen LogP) is 3.29. The van der Waals surface area contributed by atoms with Crippen LogP contribution in [0.15, 0.2) is 18.5 Å². The number of pyridine rings is 1. The highest BCUT2D eigenvalue weighted by atomic mass is 32.1. The summed E-state index contributed by atoms with van der Waals surface area (Å²) in [6.45, 7) is 2.11. The Hall–Kier alpha value is -1.55. The topological polar surface area (TPSA) is 42.9 Å². The molecule has 0 bridgehead atoms. The zero-order chi connectivity index (χ0) is 12.5. The molecule has 0 N–H and O–H groups in total. The third-order valence-corrected chi connectivity index (χ3v) is 4.45. The molecule has 0 unspecified atom stereocenters. The maximum Gasteiger partial charge on any atom is 0.174 e. The molecule has 18 heavy (non-hydrogen) atoms. The molecular formula is C14H14N2OS. The average molecular weight is 258 g/mol. The first-order valence-electron chi connectivity index (χ1n) is 6.25. The minimum Gasteiger partial charge on any atom is -0.293 e. The van der Waals surface area contributed by atoms with Crippen molar-refractivity contribution in [1.82, 2.24) is 9.97 Å². The van der Waals surface area contributed by atoms with Gasteiger partial charge in [0, 0.05) is 24.4 Å². The smallest absolute Gasteiger partial charge is 0.174 e. The van der Waals surface area contributed by atoms with Gasteiger partial charge in [0.1, 0.15) is 5.01 Å². The molecule has 0 amide bonds. The number of carbonyl (C=O) groups excluding carboxylic acids is 1. The SMILES string of the molecule is CCc1cnccc1-c1nc2c(s1)C(=O)CCC2. The molecule has 0 saturated carbocycles. The van der Waals surface area contributed by atoms with Crippen LogP contribution < -0.4 is 0 Å². The van der Waals surface area contributed by atoms with Crippen molar-refractivity contribution in [3.05, 3.63) is 34.6 Å². The van der Waals surface area contributed by atoms with E-state index in [2.05, 4.69) is 16.9 Å². The molecule has 3 nitrogen and oxygen atoms in total. The van der Waals surface area contributed by atoms with Gasteiger partial charge in [0.2, 0.25) is 0 Å². The van der Waals surface area contributed by atoms with Gasteiger partial charge in [-0.2, -0.15) is 0 Å². The lowest BCUT2D eigenvalue weighted by Crippen LogP contribution is -2.07. The van der Waals surface area contributed by atoms with Crippen LogP contribution in [0.5, 0.6) is 0 Å². The molecule has 1 aliphatic rings. The highest BCUT2D eigenvalue weighted by Gasteiger charge is 2.23. The summed E-state index contributed by atoms with van der Waals surface area (Å²) in [6, 6.07) is 1.99. The average Bonchev–Trinajstić information content (AvgIpc) is 2.84. The van der Waals surface area contributed by atoms with E-state index in [1.165, 1.54) is 16.9 Å². The number of thiazole rings is 1. The van der Waals surface area contributed by atoms with Crippen molar-refractivity contribution in [2.24, 2.45) is 0 Å². The van der Waals surface area contributed by atoms with E-state index in [1.807, 2.05) is 12.3 Å². The Morgan fingerprint density at radius 3 is 3.06 bits per heavy atom. The fourth-order valence-electron chi connectivity index (χ4n) is 2.30. The summed E-state index contributed by atoms with van der Waals surface area (Å²) >= 11 is 1.54. The van der Waals surface area contributed by atoms with Crippen LogP contribution in [0, 0.1) is 0 Å². The second kappa shape index (κ2) is 4.61. The number of hydrogen-bond donors (Lipinski definition) is 0. The zero-order valence-electron chi connectivity index (χ0n) is 10.3. The summed E-state index contributed by atoms with van der Waals surface area (Å²) in [7, 11) is 0. The molecule has 3 rings (SSSR count). The Labute approximate surface area is 110 Å². The van der Waals surface area contributed by atoms with Crippen molar-refractivity contribution in [1.29, 1.82) is 0 Å². The molecule has 92 valence electrons. The minimum absolute atomic E-state index is 0.257. The maximum absolute atomic E-state index is 11.8. The second-order valence-corrected chi connectivity index (χ2v) is 5.46. The lowest BCUT2D eigenvalue weighted by Gasteiger charge is -2.06. The van der Waals surface area contributed by atoms with E-state index in [0.717, 1.165) is 40.4 Å². The molecular weight excluding hydrogens is 244 g/mol. The Morgan fingerprint density at radius 2 is 2.28 bits per heavy atom. The van der Waals surface area contributed by atoms with Crippen molar-refractivity contribution in [3.8, 4) is 10.6 Å². The normalized spacial score (nSPS) is 14.6. The molecule has 2 aromatic heterocycles. The zero-order valence-corrected chi connectivity index (χ0v) is 11.1. The summed E-state index contributed by atoms with van der Waals surface area (Å²) < 4.78 is 0. The van der Waals surface area contributed by atoms with E-state index in [1.54, 1.807) is 6.20 Å². The number of nitrogens with zero attached hydrogens (tertiary/aromatic N) is 2. The first-order chi connectivity index (χ1) is 8.79. The summed E-state index contributed by atoms with van der Waals surface area (Å²) in [6.07, 6.45) is 7.15.